The highest BCUT2D eigenvalue weighted by Crippen LogP contribution is 2.66. The third-order valence-corrected chi connectivity index (χ3v) is 9.12. The number of carbonyl (C=O) groups excluding carboxylic acids is 3. The molecule has 8 atom stereocenters. The summed E-state index contributed by atoms with van der Waals surface area (Å²) in [4.78, 5) is 37.1. The first kappa shape index (κ1) is 19.1. The van der Waals surface area contributed by atoms with E-state index in [-0.39, 0.29) is 40.5 Å². The molecule has 4 rings (SSSR count). The van der Waals surface area contributed by atoms with Crippen molar-refractivity contribution in [3.63, 3.8) is 0 Å². The van der Waals surface area contributed by atoms with Crippen molar-refractivity contribution in [2.75, 3.05) is 0 Å². The van der Waals surface area contributed by atoms with Crippen molar-refractivity contribution in [2.24, 2.45) is 40.4 Å². The normalized spacial score (nSPS) is 49.0. The molecule has 0 radical (unpaired) electrons. The maximum absolute atomic E-state index is 13.5. The lowest BCUT2D eigenvalue weighted by Gasteiger charge is -2.59. The van der Waals surface area contributed by atoms with Gasteiger partial charge in [0, 0.05) is 25.2 Å². The summed E-state index contributed by atoms with van der Waals surface area (Å²) in [6.07, 6.45) is 7.64. The van der Waals surface area contributed by atoms with Crippen LogP contribution < -0.4 is 0 Å². The van der Waals surface area contributed by atoms with Crippen LogP contribution in [0.2, 0.25) is 0 Å². The maximum atomic E-state index is 13.5. The number of rotatable bonds is 2. The fraction of sp³-hybridized carbons (Fsp3) is 0.870. The predicted octanol–water partition coefficient (Wildman–Crippen LogP) is 4.35. The molecule has 0 unspecified atom stereocenters. The summed E-state index contributed by atoms with van der Waals surface area (Å²) in [6, 6.07) is 0. The average molecular weight is 375 g/mol. The van der Waals surface area contributed by atoms with Crippen LogP contribution in [-0.2, 0) is 19.1 Å². The highest BCUT2D eigenvalue weighted by atomic mass is 16.5. The van der Waals surface area contributed by atoms with Gasteiger partial charge in [-0.25, -0.2) is 0 Å². The van der Waals surface area contributed by atoms with Gasteiger partial charge in [-0.15, -0.1) is 0 Å². The zero-order chi connectivity index (χ0) is 19.6. The zero-order valence-corrected chi connectivity index (χ0v) is 17.3. The molecule has 27 heavy (non-hydrogen) atoms. The molecule has 4 fully saturated rings. The van der Waals surface area contributed by atoms with Crippen molar-refractivity contribution in [2.45, 2.75) is 85.2 Å². The lowest BCUT2D eigenvalue weighted by atomic mass is 9.44. The van der Waals surface area contributed by atoms with Crippen molar-refractivity contribution in [3.05, 3.63) is 0 Å². The number of ether oxygens (including phenoxy) is 1. The van der Waals surface area contributed by atoms with E-state index in [1.54, 1.807) is 6.92 Å². The van der Waals surface area contributed by atoms with Gasteiger partial charge in [0.1, 0.15) is 17.7 Å². The Hall–Kier alpha value is -1.19. The van der Waals surface area contributed by atoms with E-state index in [1.165, 1.54) is 6.92 Å². The first-order valence-electron chi connectivity index (χ1n) is 10.9. The Balaban J connectivity index is 1.60. The minimum Gasteiger partial charge on any atom is -0.463 e. The fourth-order valence-corrected chi connectivity index (χ4v) is 8.04. The second-order valence-electron chi connectivity index (χ2n) is 10.4. The molecule has 0 bridgehead atoms. The van der Waals surface area contributed by atoms with E-state index in [1.807, 2.05) is 0 Å². The van der Waals surface area contributed by atoms with Crippen LogP contribution in [0.4, 0.5) is 0 Å². The molecule has 0 amide bonds. The third kappa shape index (κ3) is 2.81. The molecule has 150 valence electrons. The highest BCUT2D eigenvalue weighted by Gasteiger charge is 2.63. The molecular formula is C23H34O4. The molecule has 4 saturated carbocycles. The number of hydrogen-bond acceptors (Lipinski definition) is 4. The Morgan fingerprint density at radius 1 is 1.00 bits per heavy atom. The van der Waals surface area contributed by atoms with Gasteiger partial charge in [0.15, 0.2) is 0 Å². The van der Waals surface area contributed by atoms with E-state index >= 15 is 0 Å². The largest absolute Gasteiger partial charge is 0.463 e. The van der Waals surface area contributed by atoms with E-state index in [0.717, 1.165) is 44.9 Å². The number of hydrogen-bond donors (Lipinski definition) is 0. The van der Waals surface area contributed by atoms with Crippen LogP contribution in [0, 0.1) is 40.4 Å². The Kier molecular flexibility index (Phi) is 4.55. The van der Waals surface area contributed by atoms with Crippen LogP contribution in [-0.4, -0.2) is 23.6 Å². The standard InChI is InChI=1S/C23H34O4/c1-13(24)18-7-8-19-17-6-5-15-11-16(27-14(2)25)9-10-22(15,3)21(17)20(26)12-23(18,19)4/h15-19,21H,5-12H2,1-4H3/t15-,16-,17-,18+,19-,21+,22-,23+/m0/s1. The topological polar surface area (TPSA) is 60.4 Å². The molecule has 0 saturated heterocycles. The minimum absolute atomic E-state index is 0.0228. The van der Waals surface area contributed by atoms with Crippen LogP contribution >= 0.6 is 0 Å². The van der Waals surface area contributed by atoms with Gasteiger partial charge in [0.25, 0.3) is 0 Å². The summed E-state index contributed by atoms with van der Waals surface area (Å²) >= 11 is 0. The number of Topliss-reactive ketones (excluding diaryl/α,β-unsaturated/α-hetero) is 2. The first-order chi connectivity index (χ1) is 12.7. The van der Waals surface area contributed by atoms with Gasteiger partial charge in [-0.3, -0.25) is 14.4 Å². The Bertz CT molecular complexity index is 669. The summed E-state index contributed by atoms with van der Waals surface area (Å²) in [5, 5.41) is 0. The van der Waals surface area contributed by atoms with Crippen molar-refractivity contribution in [1.29, 1.82) is 0 Å². The van der Waals surface area contributed by atoms with E-state index in [4.69, 9.17) is 4.74 Å². The second kappa shape index (κ2) is 6.42. The third-order valence-electron chi connectivity index (χ3n) is 9.12. The average Bonchev–Trinajstić information content (AvgIpc) is 2.91. The zero-order valence-electron chi connectivity index (χ0n) is 17.3. The molecule has 0 spiro atoms. The van der Waals surface area contributed by atoms with Crippen molar-refractivity contribution < 1.29 is 19.1 Å². The lowest BCUT2D eigenvalue weighted by Crippen LogP contribution is -2.58. The van der Waals surface area contributed by atoms with Crippen LogP contribution in [0.25, 0.3) is 0 Å². The van der Waals surface area contributed by atoms with E-state index < -0.39 is 0 Å². The quantitative estimate of drug-likeness (QED) is 0.675. The van der Waals surface area contributed by atoms with Gasteiger partial charge < -0.3 is 4.74 Å². The summed E-state index contributed by atoms with van der Waals surface area (Å²) in [5.41, 5.74) is -0.0888. The Morgan fingerprint density at radius 3 is 2.41 bits per heavy atom. The number of ketones is 2. The highest BCUT2D eigenvalue weighted by molar-refractivity contribution is 5.87. The predicted molar refractivity (Wildman–Crippen MR) is 102 cm³/mol. The number of esters is 1. The van der Waals surface area contributed by atoms with Crippen LogP contribution in [0.15, 0.2) is 0 Å². The lowest BCUT2D eigenvalue weighted by molar-refractivity contribution is -0.169. The smallest absolute Gasteiger partial charge is 0.302 e. The molecule has 0 aromatic heterocycles. The first-order valence-corrected chi connectivity index (χ1v) is 10.9. The molecule has 4 aliphatic rings. The van der Waals surface area contributed by atoms with Crippen LogP contribution in [0.1, 0.15) is 79.1 Å². The number of fused-ring (bicyclic) bond motifs is 5. The molecule has 0 aromatic carbocycles. The van der Waals surface area contributed by atoms with Gasteiger partial charge in [-0.1, -0.05) is 13.8 Å². The molecule has 4 nitrogen and oxygen atoms in total. The molecular weight excluding hydrogens is 340 g/mol. The molecule has 0 heterocycles. The van der Waals surface area contributed by atoms with Gasteiger partial charge in [0.2, 0.25) is 0 Å². The van der Waals surface area contributed by atoms with Crippen molar-refractivity contribution in [1.82, 2.24) is 0 Å². The van der Waals surface area contributed by atoms with E-state index in [2.05, 4.69) is 13.8 Å². The van der Waals surface area contributed by atoms with Crippen LogP contribution in [0.3, 0.4) is 0 Å². The van der Waals surface area contributed by atoms with Crippen molar-refractivity contribution in [3.8, 4) is 0 Å². The summed E-state index contributed by atoms with van der Waals surface area (Å²) in [7, 11) is 0. The second-order valence-corrected chi connectivity index (χ2v) is 10.4. The Labute approximate surface area is 162 Å². The monoisotopic (exact) mass is 374 g/mol. The van der Waals surface area contributed by atoms with Crippen LogP contribution in [0.5, 0.6) is 0 Å². The van der Waals surface area contributed by atoms with E-state index in [0.29, 0.717) is 30.0 Å². The SMILES string of the molecule is CC(=O)O[C@H]1CC[C@@]2(C)[C@@H](CC[C@H]3[C@@H]4CC[C@H](C(C)=O)[C@@]4(C)CC(=O)[C@@H]32)C1. The van der Waals surface area contributed by atoms with Gasteiger partial charge >= 0.3 is 5.97 Å². The molecule has 4 aliphatic carbocycles. The summed E-state index contributed by atoms with van der Waals surface area (Å²) < 4.78 is 5.51. The fourth-order valence-electron chi connectivity index (χ4n) is 8.04. The van der Waals surface area contributed by atoms with Gasteiger partial charge in [-0.2, -0.15) is 0 Å². The number of carbonyl (C=O) groups is 3. The minimum atomic E-state index is -0.192. The van der Waals surface area contributed by atoms with Crippen molar-refractivity contribution >= 4 is 17.5 Å². The summed E-state index contributed by atoms with van der Waals surface area (Å²) in [6.45, 7) is 7.75. The maximum Gasteiger partial charge on any atom is 0.302 e. The summed E-state index contributed by atoms with van der Waals surface area (Å²) in [5.74, 6) is 2.11. The molecule has 4 heteroatoms. The molecule has 0 N–H and O–H groups in total. The van der Waals surface area contributed by atoms with E-state index in [9.17, 15) is 14.4 Å². The molecule has 0 aliphatic heterocycles. The van der Waals surface area contributed by atoms with Gasteiger partial charge in [0.05, 0.1) is 0 Å². The van der Waals surface area contributed by atoms with Gasteiger partial charge in [-0.05, 0) is 80.5 Å². The molecule has 0 aromatic rings. The Morgan fingerprint density at radius 2 is 1.74 bits per heavy atom.